The second kappa shape index (κ2) is 5.42. The number of hydrogen-bond acceptors (Lipinski definition) is 4. The number of nitrogens with two attached hydrogens (primary N) is 1. The lowest BCUT2D eigenvalue weighted by Crippen LogP contribution is -2.17. The van der Waals surface area contributed by atoms with Gasteiger partial charge in [-0.25, -0.2) is 4.98 Å². The second-order valence-electron chi connectivity index (χ2n) is 4.87. The average molecular weight is 270 g/mol. The van der Waals surface area contributed by atoms with Crippen LogP contribution in [-0.4, -0.2) is 25.0 Å². The van der Waals surface area contributed by atoms with Crippen molar-refractivity contribution in [3.63, 3.8) is 0 Å². The highest BCUT2D eigenvalue weighted by molar-refractivity contribution is 5.75. The molecule has 1 atom stereocenters. The van der Waals surface area contributed by atoms with Crippen LogP contribution in [0.2, 0.25) is 0 Å². The van der Waals surface area contributed by atoms with Crippen molar-refractivity contribution in [2.75, 3.05) is 0 Å². The number of benzene rings is 1. The number of rotatable bonds is 5. The third-order valence-corrected chi connectivity index (χ3v) is 3.40. The zero-order chi connectivity index (χ0) is 13.9. The fourth-order valence-corrected chi connectivity index (χ4v) is 2.44. The molecule has 1 unspecified atom stereocenters. The molecule has 0 aliphatic rings. The summed E-state index contributed by atoms with van der Waals surface area (Å²) >= 11 is 0. The van der Waals surface area contributed by atoms with E-state index in [1.54, 1.807) is 6.20 Å². The van der Waals surface area contributed by atoms with Gasteiger partial charge in [0.05, 0.1) is 29.0 Å². The van der Waals surface area contributed by atoms with Gasteiger partial charge in [0.15, 0.2) is 0 Å². The normalized spacial score (nSPS) is 12.9. The van der Waals surface area contributed by atoms with Gasteiger partial charge >= 0.3 is 0 Å². The Morgan fingerprint density at radius 1 is 1.35 bits per heavy atom. The zero-order valence-corrected chi connectivity index (χ0v) is 11.5. The minimum atomic E-state index is -0.193. The lowest BCUT2D eigenvalue weighted by molar-refractivity contribution is 0.601. The van der Waals surface area contributed by atoms with E-state index in [4.69, 9.17) is 10.7 Å². The molecule has 0 spiro atoms. The van der Waals surface area contributed by atoms with E-state index in [1.165, 1.54) is 0 Å². The summed E-state index contributed by atoms with van der Waals surface area (Å²) < 4.78 is 2.25. The van der Waals surface area contributed by atoms with Gasteiger partial charge in [0.1, 0.15) is 5.82 Å². The third-order valence-electron chi connectivity index (χ3n) is 3.40. The summed E-state index contributed by atoms with van der Waals surface area (Å²) in [5, 5.41) is 10.4. The molecule has 0 fully saturated rings. The molecule has 3 N–H and O–H groups in total. The molecule has 2 heterocycles. The first kappa shape index (κ1) is 12.8. The molecular weight excluding hydrogens is 252 g/mol. The van der Waals surface area contributed by atoms with E-state index in [1.807, 2.05) is 18.2 Å². The van der Waals surface area contributed by atoms with Crippen molar-refractivity contribution >= 4 is 11.0 Å². The van der Waals surface area contributed by atoms with E-state index in [9.17, 15) is 0 Å². The van der Waals surface area contributed by atoms with Crippen LogP contribution in [-0.2, 0) is 13.0 Å². The number of imidazole rings is 1. The predicted octanol–water partition coefficient (Wildman–Crippen LogP) is 1.81. The summed E-state index contributed by atoms with van der Waals surface area (Å²) in [5.74, 6) is 1.00. The maximum Gasteiger partial charge on any atom is 0.111 e. The van der Waals surface area contributed by atoms with E-state index in [-0.39, 0.29) is 6.04 Å². The van der Waals surface area contributed by atoms with Crippen LogP contribution >= 0.6 is 0 Å². The zero-order valence-electron chi connectivity index (χ0n) is 11.5. The van der Waals surface area contributed by atoms with Crippen LogP contribution in [0.4, 0.5) is 0 Å². The van der Waals surface area contributed by atoms with Crippen molar-refractivity contribution in [3.8, 4) is 0 Å². The Labute approximate surface area is 117 Å². The number of fused-ring (bicyclic) bond motifs is 1. The largest absolute Gasteiger partial charge is 0.328 e. The molecule has 0 amide bonds. The van der Waals surface area contributed by atoms with Gasteiger partial charge in [0.25, 0.3) is 0 Å². The van der Waals surface area contributed by atoms with E-state index < -0.39 is 0 Å². The molecule has 3 aromatic rings. The van der Waals surface area contributed by atoms with Crippen LogP contribution in [0.15, 0.2) is 30.5 Å². The van der Waals surface area contributed by atoms with Gasteiger partial charge in [-0.1, -0.05) is 19.1 Å². The van der Waals surface area contributed by atoms with Crippen LogP contribution in [0, 0.1) is 0 Å². The number of H-pyrrole nitrogens is 1. The highest BCUT2D eigenvalue weighted by atomic mass is 15.3. The van der Waals surface area contributed by atoms with Gasteiger partial charge in [-0.05, 0) is 18.6 Å². The summed E-state index contributed by atoms with van der Waals surface area (Å²) in [6.07, 6.45) is 3.38. The molecule has 0 aliphatic heterocycles. The van der Waals surface area contributed by atoms with E-state index >= 15 is 0 Å². The van der Waals surface area contributed by atoms with Crippen molar-refractivity contribution in [3.05, 3.63) is 42.0 Å². The number of nitrogens with zero attached hydrogens (tertiary/aromatic N) is 4. The van der Waals surface area contributed by atoms with Gasteiger partial charge < -0.3 is 10.3 Å². The van der Waals surface area contributed by atoms with Crippen molar-refractivity contribution in [2.24, 2.45) is 5.73 Å². The summed E-state index contributed by atoms with van der Waals surface area (Å²) in [6.45, 7) is 3.11. The number of aryl methyl sites for hydroxylation is 1. The molecular formula is C14H18N6. The number of nitrogens with one attached hydrogen (secondary N) is 1. The quantitative estimate of drug-likeness (QED) is 0.740. The SMILES string of the molecule is CCCn1c(CC(N)c2cn[nH]n2)nc2ccccc21. The fourth-order valence-electron chi connectivity index (χ4n) is 2.44. The Morgan fingerprint density at radius 2 is 2.20 bits per heavy atom. The Morgan fingerprint density at radius 3 is 2.95 bits per heavy atom. The molecule has 0 bridgehead atoms. The molecule has 20 heavy (non-hydrogen) atoms. The number of para-hydroxylation sites is 2. The lowest BCUT2D eigenvalue weighted by atomic mass is 10.1. The minimum absolute atomic E-state index is 0.193. The number of hydrogen-bond donors (Lipinski definition) is 2. The molecule has 1 aromatic carbocycles. The molecule has 2 aromatic heterocycles. The van der Waals surface area contributed by atoms with E-state index in [2.05, 4.69) is 33.0 Å². The standard InChI is InChI=1S/C14H18N6/c1-2-7-20-13-6-4-3-5-11(13)17-14(20)8-10(15)12-9-16-19-18-12/h3-6,9-10H,2,7-8,15H2,1H3,(H,16,18,19). The highest BCUT2D eigenvalue weighted by Gasteiger charge is 2.16. The topological polar surface area (TPSA) is 85.4 Å². The maximum atomic E-state index is 6.18. The van der Waals surface area contributed by atoms with Crippen LogP contribution < -0.4 is 5.73 Å². The first-order valence-corrected chi connectivity index (χ1v) is 6.85. The highest BCUT2D eigenvalue weighted by Crippen LogP contribution is 2.20. The maximum absolute atomic E-state index is 6.18. The molecule has 104 valence electrons. The Bertz CT molecular complexity index is 685. The third kappa shape index (κ3) is 2.30. The first-order valence-electron chi connectivity index (χ1n) is 6.85. The van der Waals surface area contributed by atoms with Crippen molar-refractivity contribution in [1.82, 2.24) is 25.0 Å². The molecule has 6 heteroatoms. The van der Waals surface area contributed by atoms with E-state index in [0.29, 0.717) is 6.42 Å². The monoisotopic (exact) mass is 270 g/mol. The van der Waals surface area contributed by atoms with Gasteiger partial charge in [-0.15, -0.1) is 0 Å². The first-order chi connectivity index (χ1) is 9.79. The van der Waals surface area contributed by atoms with Crippen molar-refractivity contribution in [2.45, 2.75) is 32.4 Å². The summed E-state index contributed by atoms with van der Waals surface area (Å²) in [4.78, 5) is 4.71. The lowest BCUT2D eigenvalue weighted by Gasteiger charge is -2.11. The van der Waals surface area contributed by atoms with Gasteiger partial charge in [0.2, 0.25) is 0 Å². The summed E-state index contributed by atoms with van der Waals surface area (Å²) in [6, 6.07) is 7.99. The van der Waals surface area contributed by atoms with Crippen LogP contribution in [0.3, 0.4) is 0 Å². The van der Waals surface area contributed by atoms with Crippen LogP contribution in [0.5, 0.6) is 0 Å². The molecule has 0 radical (unpaired) electrons. The summed E-state index contributed by atoms with van der Waals surface area (Å²) in [7, 11) is 0. The molecule has 0 saturated carbocycles. The van der Waals surface area contributed by atoms with Gasteiger partial charge in [0, 0.05) is 13.0 Å². The van der Waals surface area contributed by atoms with Gasteiger partial charge in [-0.2, -0.15) is 15.4 Å². The fraction of sp³-hybridized carbons (Fsp3) is 0.357. The average Bonchev–Trinajstić information content (AvgIpc) is 3.08. The smallest absolute Gasteiger partial charge is 0.111 e. The van der Waals surface area contributed by atoms with Gasteiger partial charge in [-0.3, -0.25) is 0 Å². The van der Waals surface area contributed by atoms with Crippen LogP contribution in [0.25, 0.3) is 11.0 Å². The molecule has 3 rings (SSSR count). The number of aromatic nitrogens is 5. The van der Waals surface area contributed by atoms with E-state index in [0.717, 1.165) is 35.5 Å². The predicted molar refractivity (Wildman–Crippen MR) is 77.0 cm³/mol. The van der Waals surface area contributed by atoms with Crippen molar-refractivity contribution in [1.29, 1.82) is 0 Å². The molecule has 6 nitrogen and oxygen atoms in total. The molecule has 0 aliphatic carbocycles. The van der Waals surface area contributed by atoms with Crippen molar-refractivity contribution < 1.29 is 0 Å². The Kier molecular flexibility index (Phi) is 3.47. The summed E-state index contributed by atoms with van der Waals surface area (Å²) in [5.41, 5.74) is 9.13. The number of aromatic amines is 1. The minimum Gasteiger partial charge on any atom is -0.328 e. The Balaban J connectivity index is 1.96. The second-order valence-corrected chi connectivity index (χ2v) is 4.87. The molecule has 0 saturated heterocycles. The Hall–Kier alpha value is -2.21. The van der Waals surface area contributed by atoms with Crippen LogP contribution in [0.1, 0.15) is 30.9 Å².